The third-order valence-corrected chi connectivity index (χ3v) is 3.77. The number of Topliss-reactive ketones (excluding diaryl/α,β-unsaturated/α-hetero) is 1. The fraction of sp³-hybridized carbons (Fsp3) is 0.700. The van der Waals surface area contributed by atoms with Crippen molar-refractivity contribution in [3.05, 3.63) is 12.7 Å². The highest BCUT2D eigenvalue weighted by atomic mass is 31.2. The molecule has 6 heteroatoms. The second kappa shape index (κ2) is 7.74. The third-order valence-electron chi connectivity index (χ3n) is 1.73. The summed E-state index contributed by atoms with van der Waals surface area (Å²) in [5.41, 5.74) is 0. The zero-order chi connectivity index (χ0) is 12.6. The van der Waals surface area contributed by atoms with Gasteiger partial charge in [-0.25, -0.2) is 0 Å². The van der Waals surface area contributed by atoms with Gasteiger partial charge in [0, 0.05) is 6.42 Å². The quantitative estimate of drug-likeness (QED) is 0.498. The predicted octanol–water partition coefficient (Wildman–Crippen LogP) is 1.76. The molecule has 0 aliphatic heterocycles. The highest BCUT2D eigenvalue weighted by molar-refractivity contribution is 7.54. The van der Waals surface area contributed by atoms with Gasteiger partial charge in [-0.1, -0.05) is 6.08 Å². The van der Waals surface area contributed by atoms with Gasteiger partial charge in [0.05, 0.1) is 19.3 Å². The number of carbonyl (C=O) groups excluding carboxylic acids is 1. The van der Waals surface area contributed by atoms with Crippen LogP contribution in [0.4, 0.5) is 0 Å². The van der Waals surface area contributed by atoms with E-state index in [0.29, 0.717) is 0 Å². The van der Waals surface area contributed by atoms with Crippen molar-refractivity contribution in [1.82, 2.24) is 0 Å². The van der Waals surface area contributed by atoms with E-state index < -0.39 is 13.7 Å². The summed E-state index contributed by atoms with van der Waals surface area (Å²) in [5.74, 6) is -0.363. The fourth-order valence-electron chi connectivity index (χ4n) is 1.12. The third kappa shape index (κ3) is 6.18. The SMILES string of the molecule is C=C[C@H](O)CC(=O)CP(=O)(OCC)OCC. The van der Waals surface area contributed by atoms with Crippen molar-refractivity contribution in [1.29, 1.82) is 0 Å². The molecule has 0 aliphatic rings. The molecule has 0 aromatic rings. The van der Waals surface area contributed by atoms with E-state index in [0.717, 1.165) is 0 Å². The minimum Gasteiger partial charge on any atom is -0.389 e. The molecule has 0 fully saturated rings. The summed E-state index contributed by atoms with van der Waals surface area (Å²) in [6.07, 6.45) is -0.0820. The Labute approximate surface area is 96.0 Å². The van der Waals surface area contributed by atoms with Crippen LogP contribution in [-0.4, -0.2) is 36.4 Å². The minimum absolute atomic E-state index is 0.117. The van der Waals surface area contributed by atoms with Crippen molar-refractivity contribution in [3.8, 4) is 0 Å². The van der Waals surface area contributed by atoms with Gasteiger partial charge in [-0.3, -0.25) is 9.36 Å². The summed E-state index contributed by atoms with van der Waals surface area (Å²) in [6, 6.07) is 0. The molecule has 0 bridgehead atoms. The molecule has 16 heavy (non-hydrogen) atoms. The smallest absolute Gasteiger partial charge is 0.338 e. The lowest BCUT2D eigenvalue weighted by atomic mass is 10.2. The lowest BCUT2D eigenvalue weighted by molar-refractivity contribution is -0.118. The number of rotatable bonds is 9. The normalized spacial score (nSPS) is 13.4. The Bertz CT molecular complexity index is 266. The molecule has 0 aromatic heterocycles. The van der Waals surface area contributed by atoms with Crippen molar-refractivity contribution >= 4 is 13.4 Å². The highest BCUT2D eigenvalue weighted by Crippen LogP contribution is 2.47. The molecule has 5 nitrogen and oxygen atoms in total. The Morgan fingerprint density at radius 3 is 2.31 bits per heavy atom. The highest BCUT2D eigenvalue weighted by Gasteiger charge is 2.27. The van der Waals surface area contributed by atoms with Gasteiger partial charge in [-0.2, -0.15) is 0 Å². The van der Waals surface area contributed by atoms with Gasteiger partial charge in [0.1, 0.15) is 11.9 Å². The van der Waals surface area contributed by atoms with Crippen molar-refractivity contribution in [2.45, 2.75) is 26.4 Å². The summed E-state index contributed by atoms with van der Waals surface area (Å²) in [7, 11) is -3.34. The van der Waals surface area contributed by atoms with Crippen LogP contribution in [0.3, 0.4) is 0 Å². The van der Waals surface area contributed by atoms with Crippen molar-refractivity contribution in [3.63, 3.8) is 0 Å². The number of hydrogen-bond acceptors (Lipinski definition) is 5. The first-order valence-corrected chi connectivity index (χ1v) is 6.90. The second-order valence-corrected chi connectivity index (χ2v) is 5.20. The summed E-state index contributed by atoms with van der Waals surface area (Å²) in [4.78, 5) is 11.4. The summed E-state index contributed by atoms with van der Waals surface area (Å²) in [6.45, 7) is 7.13. The molecule has 0 spiro atoms. The second-order valence-electron chi connectivity index (χ2n) is 3.15. The van der Waals surface area contributed by atoms with Crippen LogP contribution in [0.15, 0.2) is 12.7 Å². The number of ketones is 1. The van der Waals surface area contributed by atoms with Crippen LogP contribution in [0.5, 0.6) is 0 Å². The van der Waals surface area contributed by atoms with Crippen LogP contribution in [-0.2, 0) is 18.4 Å². The molecule has 0 amide bonds. The predicted molar refractivity (Wildman–Crippen MR) is 61.6 cm³/mol. The molecule has 1 atom stereocenters. The molecule has 94 valence electrons. The van der Waals surface area contributed by atoms with E-state index in [2.05, 4.69) is 6.58 Å². The molecular formula is C10H19O5P. The fourth-order valence-corrected chi connectivity index (χ4v) is 2.72. The summed E-state index contributed by atoms with van der Waals surface area (Å²) in [5, 5.41) is 9.17. The maximum Gasteiger partial charge on any atom is 0.338 e. The van der Waals surface area contributed by atoms with Crippen molar-refractivity contribution in [2.75, 3.05) is 19.4 Å². The first-order valence-electron chi connectivity index (χ1n) is 5.17. The van der Waals surface area contributed by atoms with Crippen LogP contribution in [0.1, 0.15) is 20.3 Å². The largest absolute Gasteiger partial charge is 0.389 e. The average Bonchev–Trinajstić information content (AvgIpc) is 2.17. The van der Waals surface area contributed by atoms with E-state index in [1.807, 2.05) is 0 Å². The Balaban J connectivity index is 4.34. The van der Waals surface area contributed by atoms with E-state index in [1.165, 1.54) is 6.08 Å². The van der Waals surface area contributed by atoms with Gasteiger partial charge in [0.2, 0.25) is 0 Å². The standard InChI is InChI=1S/C10H19O5P/c1-4-9(11)7-10(12)8-16(13,14-5-2)15-6-3/h4,9,11H,1,5-8H2,2-3H3/t9-/m0/s1. The molecule has 0 saturated heterocycles. The molecule has 0 rings (SSSR count). The van der Waals surface area contributed by atoms with Gasteiger partial charge < -0.3 is 14.2 Å². The molecule has 0 radical (unpaired) electrons. The Hall–Kier alpha value is -0.480. The Kier molecular flexibility index (Phi) is 7.51. The number of aliphatic hydroxyl groups is 1. The first-order chi connectivity index (χ1) is 7.47. The molecule has 0 aromatic carbocycles. The maximum atomic E-state index is 11.9. The zero-order valence-electron chi connectivity index (χ0n) is 9.72. The van der Waals surface area contributed by atoms with Gasteiger partial charge in [0.15, 0.2) is 0 Å². The average molecular weight is 250 g/mol. The van der Waals surface area contributed by atoms with Crippen LogP contribution >= 0.6 is 7.60 Å². The molecule has 0 aliphatic carbocycles. The van der Waals surface area contributed by atoms with Gasteiger partial charge in [0.25, 0.3) is 0 Å². The monoisotopic (exact) mass is 250 g/mol. The van der Waals surface area contributed by atoms with E-state index in [4.69, 9.17) is 9.05 Å². The number of hydrogen-bond donors (Lipinski definition) is 1. The van der Waals surface area contributed by atoms with E-state index >= 15 is 0 Å². The van der Waals surface area contributed by atoms with E-state index in [9.17, 15) is 14.5 Å². The lowest BCUT2D eigenvalue weighted by Crippen LogP contribution is -2.15. The summed E-state index contributed by atoms with van der Waals surface area (Å²) >= 11 is 0. The Morgan fingerprint density at radius 2 is 1.94 bits per heavy atom. The zero-order valence-corrected chi connectivity index (χ0v) is 10.6. The van der Waals surface area contributed by atoms with Gasteiger partial charge in [-0.15, -0.1) is 6.58 Å². The van der Waals surface area contributed by atoms with Crippen LogP contribution in [0.25, 0.3) is 0 Å². The lowest BCUT2D eigenvalue weighted by Gasteiger charge is -2.16. The van der Waals surface area contributed by atoms with Crippen molar-refractivity contribution < 1.29 is 23.5 Å². The minimum atomic E-state index is -3.34. The molecular weight excluding hydrogens is 231 g/mol. The number of aliphatic hydroxyl groups excluding tert-OH is 1. The molecule has 0 heterocycles. The molecule has 1 N–H and O–H groups in total. The maximum absolute atomic E-state index is 11.9. The van der Waals surface area contributed by atoms with Crippen LogP contribution in [0, 0.1) is 0 Å². The molecule has 0 unspecified atom stereocenters. The van der Waals surface area contributed by atoms with Gasteiger partial charge >= 0.3 is 7.60 Å². The molecule has 0 saturated carbocycles. The van der Waals surface area contributed by atoms with Gasteiger partial charge in [-0.05, 0) is 13.8 Å². The first kappa shape index (κ1) is 15.5. The Morgan fingerprint density at radius 1 is 1.44 bits per heavy atom. The van der Waals surface area contributed by atoms with E-state index in [-0.39, 0.29) is 31.6 Å². The van der Waals surface area contributed by atoms with E-state index in [1.54, 1.807) is 13.8 Å². The van der Waals surface area contributed by atoms with Crippen molar-refractivity contribution in [2.24, 2.45) is 0 Å². The van der Waals surface area contributed by atoms with Crippen LogP contribution < -0.4 is 0 Å². The number of carbonyl (C=O) groups is 1. The topological polar surface area (TPSA) is 72.8 Å². The summed E-state index contributed by atoms with van der Waals surface area (Å²) < 4.78 is 21.8. The van der Waals surface area contributed by atoms with Crippen LogP contribution in [0.2, 0.25) is 0 Å².